The van der Waals surface area contributed by atoms with Gasteiger partial charge >= 0.3 is 0 Å². The third-order valence-corrected chi connectivity index (χ3v) is 2.59. The van der Waals surface area contributed by atoms with Gasteiger partial charge in [-0.15, -0.1) is 0 Å². The minimum Gasteiger partial charge on any atom is -0.378 e. The van der Waals surface area contributed by atoms with E-state index >= 15 is 0 Å². The first-order valence-corrected chi connectivity index (χ1v) is 4.44. The van der Waals surface area contributed by atoms with E-state index in [0.29, 0.717) is 0 Å². The average molecular weight is 153 g/mol. The fraction of sp³-hybridized carbons (Fsp3) is 1.00. The lowest BCUT2D eigenvalue weighted by atomic mass is 10.7. The van der Waals surface area contributed by atoms with Crippen molar-refractivity contribution in [3.8, 4) is 0 Å². The summed E-state index contributed by atoms with van der Waals surface area (Å²) in [5.74, 6) is -0.315. The average Bonchev–Trinajstić information content (AvgIpc) is 1.63. The fourth-order valence-corrected chi connectivity index (χ4v) is 1.13. The van der Waals surface area contributed by atoms with Gasteiger partial charge < -0.3 is 10.8 Å². The summed E-state index contributed by atoms with van der Waals surface area (Å²) in [4.78, 5) is 0. The Hall–Kier alpha value is -0.130. The van der Waals surface area contributed by atoms with Crippen molar-refractivity contribution in [1.82, 2.24) is 0 Å². The molecule has 0 heterocycles. The Morgan fingerprint density at radius 3 is 2.22 bits per heavy atom. The summed E-state index contributed by atoms with van der Waals surface area (Å²) in [5.41, 5.74) is 4.83. The molecule has 4 nitrogen and oxygen atoms in total. The minimum atomic E-state index is -3.09. The molecular formula is C4H11NO3S. The molecule has 0 aliphatic carbocycles. The zero-order valence-corrected chi connectivity index (χ0v) is 6.06. The number of rotatable bonds is 3. The Balaban J connectivity index is 3.90. The lowest BCUT2D eigenvalue weighted by Gasteiger charge is -2.01. The van der Waals surface area contributed by atoms with Crippen molar-refractivity contribution in [2.24, 2.45) is 5.73 Å². The maximum Gasteiger partial charge on any atom is 0.153 e. The van der Waals surface area contributed by atoms with Crippen LogP contribution in [0, 0.1) is 0 Å². The lowest BCUT2D eigenvalue weighted by Crippen LogP contribution is -2.29. The molecule has 0 aromatic carbocycles. The van der Waals surface area contributed by atoms with Gasteiger partial charge in [-0.2, -0.15) is 0 Å². The summed E-state index contributed by atoms with van der Waals surface area (Å²) in [7, 11) is -3.09. The second-order valence-electron chi connectivity index (χ2n) is 1.77. The van der Waals surface area contributed by atoms with E-state index in [0.717, 1.165) is 0 Å². The molecule has 0 fully saturated rings. The third kappa shape index (κ3) is 4.38. The van der Waals surface area contributed by atoms with Crippen molar-refractivity contribution >= 4 is 9.84 Å². The molecule has 0 saturated heterocycles. The van der Waals surface area contributed by atoms with Gasteiger partial charge in [0.25, 0.3) is 0 Å². The molecule has 1 unspecified atom stereocenters. The van der Waals surface area contributed by atoms with Crippen LogP contribution < -0.4 is 5.73 Å². The van der Waals surface area contributed by atoms with Crippen LogP contribution in [-0.2, 0) is 9.84 Å². The van der Waals surface area contributed by atoms with Gasteiger partial charge in [0.05, 0.1) is 5.75 Å². The van der Waals surface area contributed by atoms with E-state index < -0.39 is 16.1 Å². The Morgan fingerprint density at radius 1 is 1.67 bits per heavy atom. The molecule has 0 radical (unpaired) electrons. The van der Waals surface area contributed by atoms with E-state index in [2.05, 4.69) is 0 Å². The summed E-state index contributed by atoms with van der Waals surface area (Å²) in [6.07, 6.45) is -1.24. The van der Waals surface area contributed by atoms with Crippen LogP contribution in [0.5, 0.6) is 0 Å². The smallest absolute Gasteiger partial charge is 0.153 e. The molecule has 0 rings (SSSR count). The summed E-state index contributed by atoms with van der Waals surface area (Å²) in [6, 6.07) is 0. The monoisotopic (exact) mass is 153 g/mol. The normalized spacial score (nSPS) is 15.4. The molecule has 0 amide bonds. The van der Waals surface area contributed by atoms with Crippen LogP contribution in [0.3, 0.4) is 0 Å². The Bertz CT molecular complexity index is 161. The molecule has 0 aliphatic rings. The fourth-order valence-electron chi connectivity index (χ4n) is 0.378. The van der Waals surface area contributed by atoms with Crippen LogP contribution in [0.15, 0.2) is 0 Å². The SMILES string of the molecule is CCS(=O)(=O)CC(N)O. The Labute approximate surface area is 54.6 Å². The summed E-state index contributed by atoms with van der Waals surface area (Å²) in [6.45, 7) is 1.51. The number of hydrogen-bond acceptors (Lipinski definition) is 4. The van der Waals surface area contributed by atoms with Crippen molar-refractivity contribution in [2.45, 2.75) is 13.2 Å². The molecule has 3 N–H and O–H groups in total. The number of hydrogen-bond donors (Lipinski definition) is 2. The maximum atomic E-state index is 10.6. The van der Waals surface area contributed by atoms with Gasteiger partial charge in [0, 0.05) is 5.75 Å². The van der Waals surface area contributed by atoms with Crippen molar-refractivity contribution in [3.05, 3.63) is 0 Å². The molecule has 56 valence electrons. The summed E-state index contributed by atoms with van der Waals surface area (Å²) < 4.78 is 21.1. The molecule has 0 aliphatic heterocycles. The van der Waals surface area contributed by atoms with Gasteiger partial charge in [0.2, 0.25) is 0 Å². The van der Waals surface area contributed by atoms with Gasteiger partial charge in [-0.3, -0.25) is 0 Å². The highest BCUT2D eigenvalue weighted by atomic mass is 32.2. The summed E-state index contributed by atoms with van der Waals surface area (Å²) in [5, 5.41) is 8.42. The first-order chi connectivity index (χ1) is 3.98. The molecule has 0 aromatic heterocycles. The van der Waals surface area contributed by atoms with Crippen molar-refractivity contribution < 1.29 is 13.5 Å². The molecule has 5 heteroatoms. The van der Waals surface area contributed by atoms with Crippen LogP contribution in [0.1, 0.15) is 6.92 Å². The third-order valence-electron chi connectivity index (χ3n) is 0.865. The van der Waals surface area contributed by atoms with E-state index in [9.17, 15) is 8.42 Å². The Morgan fingerprint density at radius 2 is 2.11 bits per heavy atom. The van der Waals surface area contributed by atoms with Crippen molar-refractivity contribution in [1.29, 1.82) is 0 Å². The predicted octanol–water partition coefficient (Wildman–Crippen LogP) is -1.30. The largest absolute Gasteiger partial charge is 0.378 e. The second-order valence-corrected chi connectivity index (χ2v) is 4.16. The number of aliphatic hydroxyl groups is 1. The van der Waals surface area contributed by atoms with E-state index in [1.54, 1.807) is 0 Å². The number of nitrogens with two attached hydrogens (primary N) is 1. The molecule has 9 heavy (non-hydrogen) atoms. The molecule has 0 bridgehead atoms. The Kier molecular flexibility index (Phi) is 3.10. The van der Waals surface area contributed by atoms with Crippen LogP contribution in [0.25, 0.3) is 0 Å². The van der Waals surface area contributed by atoms with Crippen LogP contribution in [0.2, 0.25) is 0 Å². The first kappa shape index (κ1) is 8.87. The molecular weight excluding hydrogens is 142 g/mol. The highest BCUT2D eigenvalue weighted by Crippen LogP contribution is 1.88. The van der Waals surface area contributed by atoms with Gasteiger partial charge in [0.15, 0.2) is 9.84 Å². The number of sulfone groups is 1. The maximum absolute atomic E-state index is 10.6. The zero-order valence-electron chi connectivity index (χ0n) is 5.24. The van der Waals surface area contributed by atoms with Gasteiger partial charge in [0.1, 0.15) is 6.23 Å². The van der Waals surface area contributed by atoms with E-state index in [-0.39, 0.29) is 11.5 Å². The van der Waals surface area contributed by atoms with Crippen LogP contribution in [-0.4, -0.2) is 31.3 Å². The lowest BCUT2D eigenvalue weighted by molar-refractivity contribution is 0.205. The summed E-state index contributed by atoms with van der Waals surface area (Å²) >= 11 is 0. The topological polar surface area (TPSA) is 80.4 Å². The molecule has 1 atom stereocenters. The highest BCUT2D eigenvalue weighted by Gasteiger charge is 2.10. The van der Waals surface area contributed by atoms with Crippen LogP contribution >= 0.6 is 0 Å². The zero-order chi connectivity index (χ0) is 7.49. The van der Waals surface area contributed by atoms with Crippen molar-refractivity contribution in [3.63, 3.8) is 0 Å². The molecule has 0 spiro atoms. The van der Waals surface area contributed by atoms with Gasteiger partial charge in [-0.25, -0.2) is 8.42 Å². The minimum absolute atomic E-state index is 0.0290. The van der Waals surface area contributed by atoms with E-state index in [4.69, 9.17) is 10.8 Å². The van der Waals surface area contributed by atoms with E-state index in [1.165, 1.54) is 6.92 Å². The predicted molar refractivity (Wildman–Crippen MR) is 34.5 cm³/mol. The van der Waals surface area contributed by atoms with Crippen molar-refractivity contribution in [2.75, 3.05) is 11.5 Å². The van der Waals surface area contributed by atoms with E-state index in [1.807, 2.05) is 0 Å². The number of aliphatic hydroxyl groups excluding tert-OH is 1. The first-order valence-electron chi connectivity index (χ1n) is 2.62. The van der Waals surface area contributed by atoms with Gasteiger partial charge in [-0.05, 0) is 0 Å². The highest BCUT2D eigenvalue weighted by molar-refractivity contribution is 7.91. The quantitative estimate of drug-likeness (QED) is 0.494. The molecule has 0 saturated carbocycles. The standard InChI is InChI=1S/C4H11NO3S/c1-2-9(7,8)3-4(5)6/h4,6H,2-3,5H2,1H3. The second kappa shape index (κ2) is 3.14. The van der Waals surface area contributed by atoms with Gasteiger partial charge in [-0.1, -0.05) is 6.92 Å². The van der Waals surface area contributed by atoms with Crippen LogP contribution in [0.4, 0.5) is 0 Å². The molecule has 0 aromatic rings.